The monoisotopic (exact) mass is 343 g/mol. The van der Waals surface area contributed by atoms with Crippen LogP contribution < -0.4 is 10.6 Å². The molecule has 0 fully saturated rings. The molecule has 6 heteroatoms. The molecule has 0 bridgehead atoms. The molecule has 0 aliphatic carbocycles. The Kier molecular flexibility index (Phi) is 5.17. The number of nitrogens with zero attached hydrogens (tertiary/aromatic N) is 1. The van der Waals surface area contributed by atoms with Gasteiger partial charge in [0.15, 0.2) is 5.11 Å². The van der Waals surface area contributed by atoms with E-state index in [0.29, 0.717) is 18.3 Å². The van der Waals surface area contributed by atoms with Crippen LogP contribution in [0.3, 0.4) is 0 Å². The summed E-state index contributed by atoms with van der Waals surface area (Å²) in [5, 5.41) is 7.85. The number of ether oxygens (including phenoxy) is 1. The van der Waals surface area contributed by atoms with E-state index in [1.165, 1.54) is 4.70 Å². The van der Waals surface area contributed by atoms with Crippen LogP contribution in [0.5, 0.6) is 0 Å². The predicted octanol–water partition coefficient (Wildman–Crippen LogP) is 3.90. The van der Waals surface area contributed by atoms with Gasteiger partial charge in [0.25, 0.3) is 0 Å². The number of hydrogen-bond acceptors (Lipinski definition) is 4. The van der Waals surface area contributed by atoms with E-state index >= 15 is 0 Å². The largest absolute Gasteiger partial charge is 0.383 e. The van der Waals surface area contributed by atoms with E-state index in [2.05, 4.69) is 33.8 Å². The highest BCUT2D eigenvalue weighted by atomic mass is 32.1. The molecule has 4 nitrogen and oxygen atoms in total. The van der Waals surface area contributed by atoms with E-state index in [0.717, 1.165) is 21.8 Å². The van der Waals surface area contributed by atoms with Crippen LogP contribution in [0.4, 0.5) is 5.69 Å². The number of fused-ring (bicyclic) bond motifs is 1. The zero-order valence-corrected chi connectivity index (χ0v) is 14.3. The molecule has 3 aromatic rings. The molecule has 0 aliphatic heterocycles. The van der Waals surface area contributed by atoms with Gasteiger partial charge < -0.3 is 15.4 Å². The number of hydrogen-bond donors (Lipinski definition) is 2. The molecule has 118 valence electrons. The fraction of sp³-hybridized carbons (Fsp3) is 0.176. The van der Waals surface area contributed by atoms with Crippen molar-refractivity contribution < 1.29 is 4.74 Å². The number of aromatic nitrogens is 1. The number of nitrogens with one attached hydrogen (secondary N) is 2. The van der Waals surface area contributed by atoms with Gasteiger partial charge >= 0.3 is 0 Å². The summed E-state index contributed by atoms with van der Waals surface area (Å²) in [6, 6.07) is 16.3. The van der Waals surface area contributed by atoms with E-state index in [1.807, 2.05) is 30.3 Å². The maximum atomic E-state index is 5.23. The van der Waals surface area contributed by atoms with Crippen molar-refractivity contribution in [3.8, 4) is 10.6 Å². The van der Waals surface area contributed by atoms with E-state index < -0.39 is 0 Å². The molecule has 0 radical (unpaired) electrons. The van der Waals surface area contributed by atoms with Crippen LogP contribution in [0.2, 0.25) is 0 Å². The average molecular weight is 343 g/mol. The molecule has 0 amide bonds. The number of methoxy groups -OCH3 is 1. The second kappa shape index (κ2) is 7.50. The molecule has 2 aromatic carbocycles. The first-order chi connectivity index (χ1) is 11.3. The van der Waals surface area contributed by atoms with Gasteiger partial charge in [-0.15, -0.1) is 11.3 Å². The normalized spacial score (nSPS) is 10.7. The highest BCUT2D eigenvalue weighted by Crippen LogP contribution is 2.30. The Morgan fingerprint density at radius 3 is 2.70 bits per heavy atom. The summed E-state index contributed by atoms with van der Waals surface area (Å²) >= 11 is 6.93. The first-order valence-electron chi connectivity index (χ1n) is 7.26. The van der Waals surface area contributed by atoms with Gasteiger partial charge in [-0.3, -0.25) is 0 Å². The van der Waals surface area contributed by atoms with Gasteiger partial charge in [-0.25, -0.2) is 4.98 Å². The van der Waals surface area contributed by atoms with Gasteiger partial charge in [0.1, 0.15) is 5.01 Å². The van der Waals surface area contributed by atoms with E-state index in [-0.39, 0.29) is 0 Å². The summed E-state index contributed by atoms with van der Waals surface area (Å²) in [6.07, 6.45) is 0. The highest BCUT2D eigenvalue weighted by molar-refractivity contribution is 7.80. The summed E-state index contributed by atoms with van der Waals surface area (Å²) in [4.78, 5) is 4.67. The molecule has 0 saturated heterocycles. The van der Waals surface area contributed by atoms with Gasteiger partial charge in [-0.2, -0.15) is 0 Å². The lowest BCUT2D eigenvalue weighted by Gasteiger charge is -2.10. The van der Waals surface area contributed by atoms with Crippen molar-refractivity contribution in [3.05, 3.63) is 48.5 Å². The molecule has 2 N–H and O–H groups in total. The van der Waals surface area contributed by atoms with Crippen molar-refractivity contribution in [1.29, 1.82) is 0 Å². The zero-order valence-electron chi connectivity index (χ0n) is 12.7. The van der Waals surface area contributed by atoms with Crippen LogP contribution in [-0.2, 0) is 4.74 Å². The maximum Gasteiger partial charge on any atom is 0.170 e. The van der Waals surface area contributed by atoms with Gasteiger partial charge in [-0.1, -0.05) is 12.1 Å². The van der Waals surface area contributed by atoms with Crippen LogP contribution >= 0.6 is 23.6 Å². The van der Waals surface area contributed by atoms with Crippen molar-refractivity contribution >= 4 is 44.6 Å². The smallest absolute Gasteiger partial charge is 0.170 e. The molecule has 23 heavy (non-hydrogen) atoms. The fourth-order valence-corrected chi connectivity index (χ4v) is 3.32. The Balaban J connectivity index is 1.68. The summed E-state index contributed by atoms with van der Waals surface area (Å²) in [5.74, 6) is 0. The topological polar surface area (TPSA) is 46.2 Å². The van der Waals surface area contributed by atoms with Crippen molar-refractivity contribution in [3.63, 3.8) is 0 Å². The van der Waals surface area contributed by atoms with E-state index in [4.69, 9.17) is 17.0 Å². The number of thiocarbonyl (C=S) groups is 1. The lowest BCUT2D eigenvalue weighted by Crippen LogP contribution is -2.31. The number of para-hydroxylation sites is 1. The Morgan fingerprint density at radius 2 is 1.96 bits per heavy atom. The lowest BCUT2D eigenvalue weighted by molar-refractivity contribution is 0.204. The van der Waals surface area contributed by atoms with Crippen molar-refractivity contribution in [2.75, 3.05) is 25.6 Å². The van der Waals surface area contributed by atoms with Crippen LogP contribution in [0.15, 0.2) is 48.5 Å². The second-order valence-electron chi connectivity index (χ2n) is 4.94. The van der Waals surface area contributed by atoms with Crippen LogP contribution in [0, 0.1) is 0 Å². The molecule has 1 heterocycles. The summed E-state index contributed by atoms with van der Waals surface area (Å²) in [5.41, 5.74) is 3.10. The fourth-order valence-electron chi connectivity index (χ4n) is 2.13. The average Bonchev–Trinajstić information content (AvgIpc) is 3.00. The van der Waals surface area contributed by atoms with Crippen LogP contribution in [0.1, 0.15) is 0 Å². The van der Waals surface area contributed by atoms with Gasteiger partial charge in [0.2, 0.25) is 0 Å². The SMILES string of the molecule is COCCNC(=S)Nc1ccc(-c2nc3ccccc3s2)cc1. The summed E-state index contributed by atoms with van der Waals surface area (Å²) in [7, 11) is 1.67. The van der Waals surface area contributed by atoms with Crippen LogP contribution in [0.25, 0.3) is 20.8 Å². The number of rotatable bonds is 5. The molecular formula is C17H17N3OS2. The third kappa shape index (κ3) is 4.04. The third-order valence-corrected chi connectivity index (χ3v) is 4.61. The van der Waals surface area contributed by atoms with Crippen molar-refractivity contribution in [2.24, 2.45) is 0 Å². The Labute approximate surface area is 144 Å². The molecule has 0 aliphatic rings. The minimum Gasteiger partial charge on any atom is -0.383 e. The summed E-state index contributed by atoms with van der Waals surface area (Å²) < 4.78 is 6.18. The van der Waals surface area contributed by atoms with Crippen molar-refractivity contribution in [2.45, 2.75) is 0 Å². The third-order valence-electron chi connectivity index (χ3n) is 3.28. The van der Waals surface area contributed by atoms with Crippen LogP contribution in [-0.4, -0.2) is 30.4 Å². The lowest BCUT2D eigenvalue weighted by atomic mass is 10.2. The minimum atomic E-state index is 0.592. The quantitative estimate of drug-likeness (QED) is 0.543. The molecular weight excluding hydrogens is 326 g/mol. The number of thiazole rings is 1. The number of anilines is 1. The highest BCUT2D eigenvalue weighted by Gasteiger charge is 2.06. The molecule has 3 rings (SSSR count). The van der Waals surface area contributed by atoms with Crippen molar-refractivity contribution in [1.82, 2.24) is 10.3 Å². The van der Waals surface area contributed by atoms with E-state index in [1.54, 1.807) is 18.4 Å². The Hall–Kier alpha value is -2.02. The standard InChI is InChI=1S/C17H17N3OS2/c1-21-11-10-18-17(22)19-13-8-6-12(7-9-13)16-20-14-4-2-3-5-15(14)23-16/h2-9H,10-11H2,1H3,(H2,18,19,22). The zero-order chi connectivity index (χ0) is 16.1. The van der Waals surface area contributed by atoms with Gasteiger partial charge in [0.05, 0.1) is 16.8 Å². The minimum absolute atomic E-state index is 0.592. The van der Waals surface area contributed by atoms with E-state index in [9.17, 15) is 0 Å². The Bertz CT molecular complexity index is 766. The van der Waals surface area contributed by atoms with Gasteiger partial charge in [0, 0.05) is 24.9 Å². The molecule has 0 atom stereocenters. The second-order valence-corrected chi connectivity index (χ2v) is 6.38. The molecule has 0 spiro atoms. The maximum absolute atomic E-state index is 5.23. The first kappa shape index (κ1) is 15.9. The summed E-state index contributed by atoms with van der Waals surface area (Å²) in [6.45, 7) is 1.31. The predicted molar refractivity (Wildman–Crippen MR) is 101 cm³/mol. The van der Waals surface area contributed by atoms with Gasteiger partial charge in [-0.05, 0) is 48.6 Å². The molecule has 1 aromatic heterocycles. The Morgan fingerprint density at radius 1 is 1.17 bits per heavy atom. The molecule has 0 unspecified atom stereocenters. The first-order valence-corrected chi connectivity index (χ1v) is 8.48. The molecule has 0 saturated carbocycles. The number of benzene rings is 2.